The van der Waals surface area contributed by atoms with Gasteiger partial charge in [0.2, 0.25) is 20.0 Å². The SMILES string of the molecule is CCc1ccc(NS(=O)(=O)C(C)C)cc1.CCc1ccc(NS(=O)(=O)C(C)C)cc1. The Hall–Kier alpha value is -2.06. The summed E-state index contributed by atoms with van der Waals surface area (Å²) in [5, 5.41) is -0.827. The zero-order chi connectivity index (χ0) is 22.9. The van der Waals surface area contributed by atoms with Crippen molar-refractivity contribution in [2.24, 2.45) is 0 Å². The van der Waals surface area contributed by atoms with E-state index in [1.165, 1.54) is 11.1 Å². The molecule has 0 aliphatic heterocycles. The van der Waals surface area contributed by atoms with Gasteiger partial charge in [-0.25, -0.2) is 16.8 Å². The molecule has 6 nitrogen and oxygen atoms in total. The highest BCUT2D eigenvalue weighted by Crippen LogP contribution is 2.14. The summed E-state index contributed by atoms with van der Waals surface area (Å²) in [6.45, 7) is 10.7. The highest BCUT2D eigenvalue weighted by molar-refractivity contribution is 7.93. The molecule has 8 heteroatoms. The van der Waals surface area contributed by atoms with Crippen LogP contribution in [-0.4, -0.2) is 27.3 Å². The Bertz CT molecular complexity index is 897. The maximum atomic E-state index is 11.5. The highest BCUT2D eigenvalue weighted by Gasteiger charge is 2.15. The summed E-state index contributed by atoms with van der Waals surface area (Å²) < 4.78 is 51.3. The molecule has 0 amide bonds. The largest absolute Gasteiger partial charge is 0.283 e. The Morgan fingerprint density at radius 1 is 0.600 bits per heavy atom. The third-order valence-electron chi connectivity index (χ3n) is 4.49. The molecule has 0 fully saturated rings. The predicted molar refractivity (Wildman–Crippen MR) is 127 cm³/mol. The van der Waals surface area contributed by atoms with Gasteiger partial charge in [0.25, 0.3) is 0 Å². The van der Waals surface area contributed by atoms with Crippen LogP contribution in [0.15, 0.2) is 48.5 Å². The first kappa shape index (κ1) is 26.0. The van der Waals surface area contributed by atoms with E-state index < -0.39 is 30.5 Å². The van der Waals surface area contributed by atoms with E-state index in [0.29, 0.717) is 11.4 Å². The van der Waals surface area contributed by atoms with Crippen molar-refractivity contribution in [2.45, 2.75) is 64.9 Å². The van der Waals surface area contributed by atoms with Crippen molar-refractivity contribution in [1.29, 1.82) is 0 Å². The van der Waals surface area contributed by atoms with Crippen LogP contribution in [-0.2, 0) is 32.9 Å². The van der Waals surface area contributed by atoms with E-state index in [1.807, 2.05) is 24.3 Å². The van der Waals surface area contributed by atoms with Crippen LogP contribution in [0.2, 0.25) is 0 Å². The van der Waals surface area contributed by atoms with E-state index in [0.717, 1.165) is 12.8 Å². The summed E-state index contributed by atoms with van der Waals surface area (Å²) in [7, 11) is -6.44. The normalized spacial score (nSPS) is 11.7. The molecule has 0 unspecified atom stereocenters. The second-order valence-electron chi connectivity index (χ2n) is 7.49. The van der Waals surface area contributed by atoms with E-state index in [2.05, 4.69) is 23.3 Å². The van der Waals surface area contributed by atoms with Gasteiger partial charge in [-0.05, 0) is 75.9 Å². The second-order valence-corrected chi connectivity index (χ2v) is 12.0. The van der Waals surface area contributed by atoms with Gasteiger partial charge in [0.05, 0.1) is 10.5 Å². The fourth-order valence-electron chi connectivity index (χ4n) is 2.18. The van der Waals surface area contributed by atoms with E-state index >= 15 is 0 Å². The fourth-order valence-corrected chi connectivity index (χ4v) is 3.58. The third kappa shape index (κ3) is 8.36. The molecule has 168 valence electrons. The number of benzene rings is 2. The average Bonchev–Trinajstić information content (AvgIpc) is 2.69. The zero-order valence-electron chi connectivity index (χ0n) is 18.6. The molecular weight excluding hydrogens is 420 g/mol. The van der Waals surface area contributed by atoms with Gasteiger partial charge in [0.1, 0.15) is 0 Å². The topological polar surface area (TPSA) is 92.3 Å². The molecule has 0 saturated carbocycles. The van der Waals surface area contributed by atoms with E-state index in [-0.39, 0.29) is 0 Å². The molecule has 2 aromatic rings. The predicted octanol–water partition coefficient (Wildman–Crippen LogP) is 4.80. The van der Waals surface area contributed by atoms with Crippen molar-refractivity contribution in [3.05, 3.63) is 59.7 Å². The summed E-state index contributed by atoms with van der Waals surface area (Å²) in [4.78, 5) is 0. The van der Waals surface area contributed by atoms with Crippen molar-refractivity contribution in [3.63, 3.8) is 0 Å². The summed E-state index contributed by atoms with van der Waals surface area (Å²) in [6, 6.07) is 14.9. The first-order valence-corrected chi connectivity index (χ1v) is 13.2. The molecule has 30 heavy (non-hydrogen) atoms. The number of nitrogens with one attached hydrogen (secondary N) is 2. The number of hydrogen-bond donors (Lipinski definition) is 2. The summed E-state index contributed by atoms with van der Waals surface area (Å²) in [6.07, 6.45) is 1.91. The van der Waals surface area contributed by atoms with Crippen LogP contribution in [0.25, 0.3) is 0 Å². The lowest BCUT2D eigenvalue weighted by molar-refractivity contribution is 0.591. The molecule has 2 aromatic carbocycles. The molecule has 2 rings (SSSR count). The minimum absolute atomic E-state index is 0.414. The van der Waals surface area contributed by atoms with E-state index in [1.54, 1.807) is 52.0 Å². The maximum absolute atomic E-state index is 11.5. The lowest BCUT2D eigenvalue weighted by Crippen LogP contribution is -2.22. The number of hydrogen-bond acceptors (Lipinski definition) is 4. The van der Waals surface area contributed by atoms with Gasteiger partial charge >= 0.3 is 0 Å². The second kappa shape index (κ2) is 11.4. The highest BCUT2D eigenvalue weighted by atomic mass is 32.2. The molecule has 0 heterocycles. The zero-order valence-corrected chi connectivity index (χ0v) is 20.3. The van der Waals surface area contributed by atoms with E-state index in [9.17, 15) is 16.8 Å². The van der Waals surface area contributed by atoms with Crippen LogP contribution in [0.1, 0.15) is 52.7 Å². The van der Waals surface area contributed by atoms with Crippen molar-refractivity contribution in [2.75, 3.05) is 9.44 Å². The van der Waals surface area contributed by atoms with Crippen LogP contribution in [0.4, 0.5) is 11.4 Å². The molecular formula is C22H34N2O4S2. The molecule has 0 aliphatic rings. The molecule has 0 spiro atoms. The smallest absolute Gasteiger partial charge is 0.235 e. The molecule has 2 N–H and O–H groups in total. The Morgan fingerprint density at radius 2 is 0.867 bits per heavy atom. The van der Waals surface area contributed by atoms with Crippen LogP contribution < -0.4 is 9.44 Å². The van der Waals surface area contributed by atoms with Gasteiger partial charge in [-0.3, -0.25) is 9.44 Å². The monoisotopic (exact) mass is 454 g/mol. The number of aryl methyl sites for hydroxylation is 2. The van der Waals surface area contributed by atoms with Crippen molar-refractivity contribution < 1.29 is 16.8 Å². The molecule has 0 radical (unpaired) electrons. The number of anilines is 2. The minimum atomic E-state index is -3.22. The van der Waals surface area contributed by atoms with Crippen molar-refractivity contribution in [3.8, 4) is 0 Å². The van der Waals surface area contributed by atoms with Gasteiger partial charge in [0.15, 0.2) is 0 Å². The number of sulfonamides is 2. The quantitative estimate of drug-likeness (QED) is 0.599. The Kier molecular flexibility index (Phi) is 9.84. The maximum Gasteiger partial charge on any atom is 0.235 e. The van der Waals surface area contributed by atoms with Gasteiger partial charge in [0, 0.05) is 11.4 Å². The molecule has 0 saturated heterocycles. The van der Waals surface area contributed by atoms with Gasteiger partial charge in [-0.15, -0.1) is 0 Å². The van der Waals surface area contributed by atoms with Crippen LogP contribution in [0.3, 0.4) is 0 Å². The van der Waals surface area contributed by atoms with Crippen molar-refractivity contribution in [1.82, 2.24) is 0 Å². The molecule has 0 aromatic heterocycles. The van der Waals surface area contributed by atoms with Crippen molar-refractivity contribution >= 4 is 31.4 Å². The Morgan fingerprint density at radius 3 is 1.07 bits per heavy atom. The molecule has 0 bridgehead atoms. The van der Waals surface area contributed by atoms with Gasteiger partial charge < -0.3 is 0 Å². The first-order valence-electron chi connectivity index (χ1n) is 10.1. The minimum Gasteiger partial charge on any atom is -0.283 e. The summed E-state index contributed by atoms with van der Waals surface area (Å²) >= 11 is 0. The summed E-state index contributed by atoms with van der Waals surface area (Å²) in [5.74, 6) is 0. The average molecular weight is 455 g/mol. The van der Waals surface area contributed by atoms with Crippen LogP contribution >= 0.6 is 0 Å². The van der Waals surface area contributed by atoms with Gasteiger partial charge in [-0.2, -0.15) is 0 Å². The van der Waals surface area contributed by atoms with E-state index in [4.69, 9.17) is 0 Å². The van der Waals surface area contributed by atoms with Gasteiger partial charge in [-0.1, -0.05) is 38.1 Å². The lowest BCUT2D eigenvalue weighted by Gasteiger charge is -2.10. The van der Waals surface area contributed by atoms with Crippen LogP contribution in [0.5, 0.6) is 0 Å². The standard InChI is InChI=1S/2C11H17NO2S/c2*1-4-10-5-7-11(8-6-10)12-15(13,14)9(2)3/h2*5-9,12H,4H2,1-3H3. The fraction of sp³-hybridized carbons (Fsp3) is 0.455. The molecule has 0 atom stereocenters. The summed E-state index contributed by atoms with van der Waals surface area (Å²) in [5.41, 5.74) is 3.65. The van der Waals surface area contributed by atoms with Crippen LogP contribution in [0, 0.1) is 0 Å². The Balaban J connectivity index is 0.000000300. The lowest BCUT2D eigenvalue weighted by atomic mass is 10.2. The third-order valence-corrected chi connectivity index (χ3v) is 8.01. The first-order chi connectivity index (χ1) is 13.9. The molecule has 0 aliphatic carbocycles. The Labute approximate surface area is 182 Å². The number of rotatable bonds is 8.